The molecule has 34 heavy (non-hydrogen) atoms. The number of ether oxygens (including phenoxy) is 1. The summed E-state index contributed by atoms with van der Waals surface area (Å²) >= 11 is 0. The molecule has 1 aliphatic heterocycles. The average Bonchev–Trinajstić information content (AvgIpc) is 3.21. The zero-order chi connectivity index (χ0) is 24.3. The van der Waals surface area contributed by atoms with Crippen LogP contribution < -0.4 is 11.1 Å². The van der Waals surface area contributed by atoms with E-state index in [-0.39, 0.29) is 11.7 Å². The first-order valence-electron chi connectivity index (χ1n) is 10.5. The van der Waals surface area contributed by atoms with Gasteiger partial charge >= 0.3 is 6.18 Å². The number of fused-ring (bicyclic) bond motifs is 1. The number of aromatic nitrogens is 4. The summed E-state index contributed by atoms with van der Waals surface area (Å²) in [5, 5.41) is 2.85. The molecule has 4 N–H and O–H groups in total. The van der Waals surface area contributed by atoms with Crippen molar-refractivity contribution < 1.29 is 27.5 Å². The zero-order valence-electron chi connectivity index (χ0n) is 17.9. The third-order valence-corrected chi connectivity index (χ3v) is 5.36. The number of carbonyl (C=O) groups excluding carboxylic acids is 2. The van der Waals surface area contributed by atoms with Crippen LogP contribution in [0.1, 0.15) is 33.6 Å². The summed E-state index contributed by atoms with van der Waals surface area (Å²) in [5.74, 6) is -3.15. The topological polar surface area (TPSA) is 139 Å². The molecule has 0 aliphatic carbocycles. The molecule has 1 aromatic carbocycles. The molecule has 0 bridgehead atoms. The van der Waals surface area contributed by atoms with Crippen LogP contribution in [0, 0.1) is 0 Å². The van der Waals surface area contributed by atoms with Gasteiger partial charge in [-0.3, -0.25) is 14.5 Å². The van der Waals surface area contributed by atoms with Crippen LogP contribution in [-0.2, 0) is 15.7 Å². The Morgan fingerprint density at radius 1 is 1.21 bits per heavy atom. The number of H-pyrrole nitrogens is 1. The Bertz CT molecular complexity index is 1190. The number of carbonyl (C=O) groups is 2. The van der Waals surface area contributed by atoms with Gasteiger partial charge in [-0.1, -0.05) is 0 Å². The smallest absolute Gasteiger partial charge is 0.379 e. The van der Waals surface area contributed by atoms with E-state index >= 15 is 0 Å². The van der Waals surface area contributed by atoms with E-state index in [0.29, 0.717) is 49.0 Å². The number of imidazole rings is 1. The molecular formula is C21H22F3N7O3. The van der Waals surface area contributed by atoms with Gasteiger partial charge in [-0.2, -0.15) is 13.2 Å². The van der Waals surface area contributed by atoms with E-state index in [1.165, 1.54) is 0 Å². The minimum atomic E-state index is -4.71. The van der Waals surface area contributed by atoms with E-state index in [1.54, 1.807) is 18.2 Å². The van der Waals surface area contributed by atoms with Crippen molar-refractivity contribution in [2.45, 2.75) is 12.1 Å². The van der Waals surface area contributed by atoms with Crippen LogP contribution in [0.3, 0.4) is 0 Å². The minimum absolute atomic E-state index is 0.0216. The van der Waals surface area contributed by atoms with Gasteiger partial charge in [0.05, 0.1) is 24.2 Å². The highest BCUT2D eigenvalue weighted by molar-refractivity contribution is 5.97. The second kappa shape index (κ2) is 9.73. The van der Waals surface area contributed by atoms with Gasteiger partial charge in [-0.15, -0.1) is 0 Å². The van der Waals surface area contributed by atoms with Gasteiger partial charge in [0.25, 0.3) is 5.91 Å². The highest BCUT2D eigenvalue weighted by atomic mass is 19.4. The molecule has 0 radical (unpaired) electrons. The lowest BCUT2D eigenvalue weighted by Crippen LogP contribution is -2.41. The highest BCUT2D eigenvalue weighted by Crippen LogP contribution is 2.29. The summed E-state index contributed by atoms with van der Waals surface area (Å²) in [6.45, 7) is 4.13. The molecule has 13 heteroatoms. The number of hydrogen-bond acceptors (Lipinski definition) is 7. The highest BCUT2D eigenvalue weighted by Gasteiger charge is 2.35. The van der Waals surface area contributed by atoms with E-state index in [1.807, 2.05) is 0 Å². The van der Waals surface area contributed by atoms with Gasteiger partial charge in [0.1, 0.15) is 17.3 Å². The molecule has 3 aromatic rings. The van der Waals surface area contributed by atoms with Crippen molar-refractivity contribution >= 4 is 22.8 Å². The third kappa shape index (κ3) is 5.31. The fourth-order valence-corrected chi connectivity index (χ4v) is 3.62. The predicted octanol–water partition coefficient (Wildman–Crippen LogP) is 1.05. The molecule has 1 unspecified atom stereocenters. The molecule has 180 valence electrons. The number of rotatable bonds is 7. The van der Waals surface area contributed by atoms with E-state index in [4.69, 9.17) is 10.5 Å². The maximum absolute atomic E-state index is 13.0. The van der Waals surface area contributed by atoms with Crippen molar-refractivity contribution in [1.82, 2.24) is 30.2 Å². The fraction of sp³-hybridized carbons (Fsp3) is 0.381. The molecule has 1 aliphatic rings. The summed E-state index contributed by atoms with van der Waals surface area (Å²) in [7, 11) is 0. The number of primary amides is 1. The maximum Gasteiger partial charge on any atom is 0.433 e. The molecule has 4 rings (SSSR count). The number of halogens is 3. The van der Waals surface area contributed by atoms with Crippen molar-refractivity contribution in [3.63, 3.8) is 0 Å². The normalized spacial score (nSPS) is 15.9. The molecule has 1 saturated heterocycles. The summed E-state index contributed by atoms with van der Waals surface area (Å²) in [5.41, 5.74) is 5.41. The van der Waals surface area contributed by atoms with E-state index in [9.17, 15) is 22.8 Å². The second-order valence-corrected chi connectivity index (χ2v) is 7.70. The molecule has 3 heterocycles. The lowest BCUT2D eigenvalue weighted by atomic mass is 10.1. The Morgan fingerprint density at radius 3 is 2.68 bits per heavy atom. The monoisotopic (exact) mass is 477 g/mol. The first kappa shape index (κ1) is 23.6. The Balaban J connectivity index is 1.52. The first-order chi connectivity index (χ1) is 16.2. The van der Waals surface area contributed by atoms with Crippen LogP contribution in [0.2, 0.25) is 0 Å². The lowest BCUT2D eigenvalue weighted by Gasteiger charge is -2.26. The van der Waals surface area contributed by atoms with Gasteiger partial charge in [0.15, 0.2) is 5.92 Å². The number of alkyl halides is 3. The van der Waals surface area contributed by atoms with Crippen molar-refractivity contribution in [3.05, 3.63) is 53.4 Å². The molecule has 0 saturated carbocycles. The Kier molecular flexibility index (Phi) is 6.75. The van der Waals surface area contributed by atoms with Crippen molar-refractivity contribution in [2.75, 3.05) is 39.4 Å². The molecule has 0 spiro atoms. The molecular weight excluding hydrogens is 455 g/mol. The summed E-state index contributed by atoms with van der Waals surface area (Å²) in [6, 6.07) is 5.37. The Hall–Kier alpha value is -3.58. The Labute approximate surface area is 191 Å². The lowest BCUT2D eigenvalue weighted by molar-refractivity contribution is -0.141. The van der Waals surface area contributed by atoms with Crippen LogP contribution in [-0.4, -0.2) is 76.0 Å². The van der Waals surface area contributed by atoms with Crippen LogP contribution >= 0.6 is 0 Å². The van der Waals surface area contributed by atoms with E-state index in [2.05, 4.69) is 30.2 Å². The summed E-state index contributed by atoms with van der Waals surface area (Å²) < 4.78 is 44.4. The number of amides is 2. The van der Waals surface area contributed by atoms with Gasteiger partial charge in [-0.05, 0) is 24.3 Å². The minimum Gasteiger partial charge on any atom is -0.379 e. The van der Waals surface area contributed by atoms with E-state index < -0.39 is 29.5 Å². The van der Waals surface area contributed by atoms with Crippen LogP contribution in [0.25, 0.3) is 11.0 Å². The van der Waals surface area contributed by atoms with E-state index in [0.717, 1.165) is 19.3 Å². The van der Waals surface area contributed by atoms with Gasteiger partial charge in [0, 0.05) is 37.9 Å². The largest absolute Gasteiger partial charge is 0.433 e. The quantitative estimate of drug-likeness (QED) is 0.462. The number of nitrogens with one attached hydrogen (secondary N) is 2. The fourth-order valence-electron chi connectivity index (χ4n) is 3.62. The predicted molar refractivity (Wildman–Crippen MR) is 114 cm³/mol. The van der Waals surface area contributed by atoms with Gasteiger partial charge in [-0.25, -0.2) is 15.0 Å². The summed E-state index contributed by atoms with van der Waals surface area (Å²) in [4.78, 5) is 41.2. The third-order valence-electron chi connectivity index (χ3n) is 5.36. The van der Waals surface area contributed by atoms with Crippen LogP contribution in [0.15, 0.2) is 30.5 Å². The van der Waals surface area contributed by atoms with Crippen molar-refractivity contribution in [2.24, 2.45) is 5.73 Å². The maximum atomic E-state index is 13.0. The molecule has 10 nitrogen and oxygen atoms in total. The second-order valence-electron chi connectivity index (χ2n) is 7.70. The number of hydrogen-bond donors (Lipinski definition) is 3. The summed E-state index contributed by atoms with van der Waals surface area (Å²) in [6.07, 6.45) is -3.80. The van der Waals surface area contributed by atoms with Crippen LogP contribution in [0.5, 0.6) is 0 Å². The molecule has 2 aromatic heterocycles. The van der Waals surface area contributed by atoms with Gasteiger partial charge in [0.2, 0.25) is 5.91 Å². The molecule has 2 amide bonds. The first-order valence-corrected chi connectivity index (χ1v) is 10.5. The number of aromatic amines is 1. The van der Waals surface area contributed by atoms with Gasteiger partial charge < -0.3 is 20.8 Å². The number of nitrogens with two attached hydrogens (primary N) is 1. The number of morpholine rings is 1. The van der Waals surface area contributed by atoms with Crippen LogP contribution in [0.4, 0.5) is 13.2 Å². The number of benzene rings is 1. The SMILES string of the molecule is NC(=O)C(c1nccc(C(F)(F)F)n1)c1nc2ccc(C(=O)NCCN3CCOCC3)cc2[nH]1. The van der Waals surface area contributed by atoms with Crippen molar-refractivity contribution in [3.8, 4) is 0 Å². The molecule has 1 atom stereocenters. The van der Waals surface area contributed by atoms with Crippen molar-refractivity contribution in [1.29, 1.82) is 0 Å². The Morgan fingerprint density at radius 2 is 1.97 bits per heavy atom. The standard InChI is InChI=1S/C21H22F3N7O3/c22-21(23,24)15-3-4-26-18(30-15)16(17(25)32)19-28-13-2-1-12(11-14(13)29-19)20(33)27-5-6-31-7-9-34-10-8-31/h1-4,11,16H,5-10H2,(H2,25,32)(H,27,33)(H,28,29). The molecule has 1 fully saturated rings. The zero-order valence-corrected chi connectivity index (χ0v) is 17.9. The number of nitrogens with zero attached hydrogens (tertiary/aromatic N) is 4. The average molecular weight is 477 g/mol.